The van der Waals surface area contributed by atoms with Gasteiger partial charge in [-0.3, -0.25) is 0 Å². The van der Waals surface area contributed by atoms with E-state index in [2.05, 4.69) is 34.9 Å². The molecule has 21 heavy (non-hydrogen) atoms. The summed E-state index contributed by atoms with van der Waals surface area (Å²) in [4.78, 5) is 5.17. The van der Waals surface area contributed by atoms with E-state index in [1.54, 1.807) is 6.20 Å². The fraction of sp³-hybridized carbons (Fsp3) is 0.0588. The second-order valence-corrected chi connectivity index (χ2v) is 4.23. The van der Waals surface area contributed by atoms with Crippen LogP contribution in [-0.4, -0.2) is 4.73 Å². The standard InChI is InChI=1S/C17H9NO2S/c1-3-5-6-7-14-21-20-19-18-13-12-16-11-8-10-15(9-4-2)17(16)18/h1-2,8,10-13H,9H2. The Hall–Kier alpha value is -2.89. The lowest BCUT2D eigenvalue weighted by atomic mass is 10.1. The second kappa shape index (κ2) is 7.64. The molecule has 0 radical (unpaired) electrons. The lowest BCUT2D eigenvalue weighted by Crippen LogP contribution is -2.08. The Labute approximate surface area is 127 Å². The molecule has 1 heterocycles. The summed E-state index contributed by atoms with van der Waals surface area (Å²) in [5.74, 6) is 12.1. The molecule has 0 spiro atoms. The van der Waals surface area contributed by atoms with Gasteiger partial charge in [-0.1, -0.05) is 22.5 Å². The van der Waals surface area contributed by atoms with E-state index in [0.717, 1.165) is 28.5 Å². The lowest BCUT2D eigenvalue weighted by Gasteiger charge is -2.05. The summed E-state index contributed by atoms with van der Waals surface area (Å²) in [6.07, 6.45) is 12.6. The first-order chi connectivity index (χ1) is 10.4. The van der Waals surface area contributed by atoms with E-state index < -0.39 is 0 Å². The molecule has 2 rings (SSSR count). The maximum Gasteiger partial charge on any atom is 0.138 e. The van der Waals surface area contributed by atoms with Crippen LogP contribution in [0.2, 0.25) is 0 Å². The molecule has 4 heteroatoms. The SMILES string of the molecule is C#CC#CC#CSOOn1ccc2cccc(CC#C)c21. The largest absolute Gasteiger partial charge is 0.226 e. The molecule has 0 N–H and O–H groups in total. The summed E-state index contributed by atoms with van der Waals surface area (Å²) in [7, 11) is 0. The third kappa shape index (κ3) is 3.79. The van der Waals surface area contributed by atoms with Crippen LogP contribution in [-0.2, 0) is 10.8 Å². The van der Waals surface area contributed by atoms with Crippen molar-refractivity contribution in [3.05, 3.63) is 36.0 Å². The van der Waals surface area contributed by atoms with Crippen LogP contribution >= 0.6 is 12.0 Å². The number of nitrogens with zero attached hydrogens (tertiary/aromatic N) is 1. The molecule has 0 aliphatic carbocycles. The van der Waals surface area contributed by atoms with Crippen LogP contribution in [0.4, 0.5) is 0 Å². The summed E-state index contributed by atoms with van der Waals surface area (Å²) >= 11 is 0.814. The summed E-state index contributed by atoms with van der Waals surface area (Å²) in [5.41, 5.74) is 1.86. The third-order valence-electron chi connectivity index (χ3n) is 2.49. The van der Waals surface area contributed by atoms with Gasteiger partial charge >= 0.3 is 0 Å². The molecule has 0 bridgehead atoms. The molecule has 0 amide bonds. The van der Waals surface area contributed by atoms with Crippen LogP contribution < -0.4 is 4.99 Å². The summed E-state index contributed by atoms with van der Waals surface area (Å²) in [6, 6.07) is 7.78. The first-order valence-electron chi connectivity index (χ1n) is 5.85. The average Bonchev–Trinajstić information content (AvgIpc) is 2.91. The van der Waals surface area contributed by atoms with Gasteiger partial charge in [-0.2, -0.15) is 4.73 Å². The highest BCUT2D eigenvalue weighted by Gasteiger charge is 2.07. The van der Waals surface area contributed by atoms with Gasteiger partial charge in [0.2, 0.25) is 0 Å². The molecule has 0 atom stereocenters. The van der Waals surface area contributed by atoms with Gasteiger partial charge in [-0.25, -0.2) is 4.99 Å². The van der Waals surface area contributed by atoms with Gasteiger partial charge in [-0.05, 0) is 29.4 Å². The fourth-order valence-electron chi connectivity index (χ4n) is 1.73. The Bertz CT molecular complexity index is 844. The van der Waals surface area contributed by atoms with Gasteiger partial charge in [0.15, 0.2) is 0 Å². The van der Waals surface area contributed by atoms with E-state index >= 15 is 0 Å². The number of hydrogen-bond donors (Lipinski definition) is 0. The van der Waals surface area contributed by atoms with Crippen LogP contribution in [0.15, 0.2) is 30.5 Å². The van der Waals surface area contributed by atoms with Crippen LogP contribution in [0.5, 0.6) is 0 Å². The molecule has 100 valence electrons. The van der Waals surface area contributed by atoms with Crippen molar-refractivity contribution < 1.29 is 9.32 Å². The number of benzene rings is 1. The Morgan fingerprint density at radius 1 is 1.14 bits per heavy atom. The van der Waals surface area contributed by atoms with Crippen LogP contribution in [0.25, 0.3) is 10.9 Å². The van der Waals surface area contributed by atoms with Crippen LogP contribution in [0, 0.1) is 47.7 Å². The van der Waals surface area contributed by atoms with E-state index in [-0.39, 0.29) is 0 Å². The van der Waals surface area contributed by atoms with E-state index in [1.165, 1.54) is 4.73 Å². The minimum atomic E-state index is 0.513. The number of fused-ring (bicyclic) bond motifs is 1. The quantitative estimate of drug-likeness (QED) is 0.284. The van der Waals surface area contributed by atoms with Gasteiger partial charge in [0.05, 0.1) is 5.52 Å². The predicted octanol–water partition coefficient (Wildman–Crippen LogP) is 2.42. The monoisotopic (exact) mass is 291 g/mol. The predicted molar refractivity (Wildman–Crippen MR) is 84.1 cm³/mol. The highest BCUT2D eigenvalue weighted by atomic mass is 32.2. The zero-order chi connectivity index (χ0) is 14.9. The van der Waals surface area contributed by atoms with Crippen molar-refractivity contribution in [3.63, 3.8) is 0 Å². The first kappa shape index (κ1) is 14.5. The van der Waals surface area contributed by atoms with Crippen LogP contribution in [0.3, 0.4) is 0 Å². The molecule has 0 fully saturated rings. The summed E-state index contributed by atoms with van der Waals surface area (Å²) in [6.45, 7) is 0. The molecule has 2 aromatic rings. The minimum absolute atomic E-state index is 0.513. The summed E-state index contributed by atoms with van der Waals surface area (Å²) < 4.78 is 6.44. The van der Waals surface area contributed by atoms with Crippen molar-refractivity contribution >= 4 is 22.9 Å². The molecule has 0 aliphatic rings. The molecular weight excluding hydrogens is 282 g/mol. The van der Waals surface area contributed by atoms with Crippen molar-refractivity contribution in [1.82, 2.24) is 4.73 Å². The van der Waals surface area contributed by atoms with E-state index in [9.17, 15) is 0 Å². The Balaban J connectivity index is 2.07. The normalized spacial score (nSPS) is 8.67. The van der Waals surface area contributed by atoms with Gasteiger partial charge in [0.1, 0.15) is 12.0 Å². The molecule has 1 aromatic heterocycles. The Kier molecular flexibility index (Phi) is 5.28. The highest BCUT2D eigenvalue weighted by molar-refractivity contribution is 7.99. The van der Waals surface area contributed by atoms with Crippen molar-refractivity contribution in [1.29, 1.82) is 0 Å². The number of aromatic nitrogens is 1. The lowest BCUT2D eigenvalue weighted by molar-refractivity contribution is -0.187. The topological polar surface area (TPSA) is 23.4 Å². The number of terminal acetylenes is 2. The molecule has 0 saturated carbocycles. The van der Waals surface area contributed by atoms with Gasteiger partial charge in [0, 0.05) is 29.2 Å². The molecular formula is C17H9NO2S. The molecule has 0 unspecified atom stereocenters. The van der Waals surface area contributed by atoms with Gasteiger partial charge in [0.25, 0.3) is 0 Å². The Morgan fingerprint density at radius 3 is 2.86 bits per heavy atom. The maximum atomic E-state index is 5.37. The van der Waals surface area contributed by atoms with E-state index in [4.69, 9.17) is 22.2 Å². The van der Waals surface area contributed by atoms with Crippen molar-refractivity contribution in [2.75, 3.05) is 0 Å². The Morgan fingerprint density at radius 2 is 2.05 bits per heavy atom. The molecule has 0 saturated heterocycles. The minimum Gasteiger partial charge on any atom is -0.226 e. The van der Waals surface area contributed by atoms with Crippen molar-refractivity contribution in [3.8, 4) is 47.7 Å². The average molecular weight is 291 g/mol. The number of para-hydroxylation sites is 1. The highest BCUT2D eigenvalue weighted by Crippen LogP contribution is 2.20. The zero-order valence-electron chi connectivity index (χ0n) is 10.9. The third-order valence-corrected chi connectivity index (χ3v) is 2.80. The zero-order valence-corrected chi connectivity index (χ0v) is 11.7. The second-order valence-electron chi connectivity index (χ2n) is 3.72. The fourth-order valence-corrected chi connectivity index (χ4v) is 1.95. The smallest absolute Gasteiger partial charge is 0.138 e. The number of rotatable bonds is 4. The molecule has 0 aliphatic heterocycles. The maximum absolute atomic E-state index is 5.37. The van der Waals surface area contributed by atoms with E-state index in [1.807, 2.05) is 24.3 Å². The summed E-state index contributed by atoms with van der Waals surface area (Å²) in [5, 5.41) is 3.59. The van der Waals surface area contributed by atoms with Crippen LogP contribution in [0.1, 0.15) is 5.56 Å². The molecule has 1 aromatic carbocycles. The van der Waals surface area contributed by atoms with Gasteiger partial charge in [-0.15, -0.1) is 18.8 Å². The first-order valence-corrected chi connectivity index (χ1v) is 6.59. The van der Waals surface area contributed by atoms with E-state index in [0.29, 0.717) is 6.42 Å². The van der Waals surface area contributed by atoms with Crippen molar-refractivity contribution in [2.24, 2.45) is 0 Å². The van der Waals surface area contributed by atoms with Gasteiger partial charge < -0.3 is 0 Å². The molecule has 3 nitrogen and oxygen atoms in total. The van der Waals surface area contributed by atoms with Crippen molar-refractivity contribution in [2.45, 2.75) is 6.42 Å². The number of hydrogen-bond acceptors (Lipinski definition) is 3.